The highest BCUT2D eigenvalue weighted by Gasteiger charge is 2.31. The van der Waals surface area contributed by atoms with E-state index in [4.69, 9.17) is 10.5 Å². The Bertz CT molecular complexity index is 975. The summed E-state index contributed by atoms with van der Waals surface area (Å²) in [4.78, 5) is 27.7. The van der Waals surface area contributed by atoms with Crippen molar-refractivity contribution < 1.29 is 32.2 Å². The smallest absolute Gasteiger partial charge is 0.490 e. The number of likely N-dealkylation sites (N-methyl/N-ethyl adjacent to an activating group) is 1. The summed E-state index contributed by atoms with van der Waals surface area (Å²) in [7, 11) is 1.75. The largest absolute Gasteiger partial charge is 0.573 e. The lowest BCUT2D eigenvalue weighted by Crippen LogP contribution is -2.42. The zero-order chi connectivity index (χ0) is 24.0. The van der Waals surface area contributed by atoms with E-state index in [0.29, 0.717) is 38.0 Å². The van der Waals surface area contributed by atoms with Gasteiger partial charge in [0.1, 0.15) is 17.6 Å². The molecule has 2 amide bonds. The van der Waals surface area contributed by atoms with Crippen LogP contribution in [-0.2, 0) is 11.3 Å². The van der Waals surface area contributed by atoms with Gasteiger partial charge >= 0.3 is 6.36 Å². The number of primary amides is 1. The molecule has 0 spiro atoms. The van der Waals surface area contributed by atoms with Crippen LogP contribution in [0.5, 0.6) is 11.5 Å². The maximum Gasteiger partial charge on any atom is 0.573 e. The topological polar surface area (TPSA) is 85.1 Å². The third kappa shape index (κ3) is 7.38. The molecule has 1 aliphatic rings. The zero-order valence-corrected chi connectivity index (χ0v) is 18.2. The Hall–Kier alpha value is -3.27. The van der Waals surface area contributed by atoms with E-state index in [2.05, 4.69) is 4.74 Å². The van der Waals surface area contributed by atoms with Crippen LogP contribution in [0.4, 0.5) is 13.2 Å². The van der Waals surface area contributed by atoms with Crippen molar-refractivity contribution in [1.82, 2.24) is 9.80 Å². The fraction of sp³-hybridized carbons (Fsp3) is 0.391. The normalized spacial score (nSPS) is 14.9. The van der Waals surface area contributed by atoms with E-state index < -0.39 is 12.3 Å². The number of rotatable bonds is 8. The first kappa shape index (κ1) is 24.4. The third-order valence-corrected chi connectivity index (χ3v) is 5.18. The Morgan fingerprint density at radius 1 is 1.09 bits per heavy atom. The van der Waals surface area contributed by atoms with Crippen LogP contribution in [0, 0.1) is 0 Å². The van der Waals surface area contributed by atoms with Crippen molar-refractivity contribution in [2.45, 2.75) is 31.9 Å². The van der Waals surface area contributed by atoms with E-state index in [1.165, 1.54) is 18.2 Å². The number of amides is 2. The minimum absolute atomic E-state index is 0.0838. The fourth-order valence-corrected chi connectivity index (χ4v) is 3.76. The molecule has 0 atom stereocenters. The third-order valence-electron chi connectivity index (χ3n) is 5.18. The lowest BCUT2D eigenvalue weighted by molar-refractivity contribution is -0.274. The van der Waals surface area contributed by atoms with E-state index >= 15 is 0 Å². The number of halogens is 3. The monoisotopic (exact) mass is 465 g/mol. The highest BCUT2D eigenvalue weighted by Crippen LogP contribution is 2.28. The molecule has 1 saturated heterocycles. The number of hydrogen-bond donors (Lipinski definition) is 1. The van der Waals surface area contributed by atoms with Crippen molar-refractivity contribution in [3.05, 3.63) is 59.7 Å². The highest BCUT2D eigenvalue weighted by molar-refractivity contribution is 5.95. The SMILES string of the molecule is CN(CC(N)=O)Cc1ccccc1C(=O)N1CCC(Oc2cccc(OC(F)(F)F)c2)CC1. The lowest BCUT2D eigenvalue weighted by Gasteiger charge is -2.33. The minimum Gasteiger partial charge on any atom is -0.490 e. The Morgan fingerprint density at radius 2 is 1.76 bits per heavy atom. The van der Waals surface area contributed by atoms with Crippen molar-refractivity contribution in [3.8, 4) is 11.5 Å². The van der Waals surface area contributed by atoms with E-state index in [1.807, 2.05) is 12.1 Å². The van der Waals surface area contributed by atoms with Crippen LogP contribution in [0.15, 0.2) is 48.5 Å². The van der Waals surface area contributed by atoms with Gasteiger partial charge in [0, 0.05) is 44.1 Å². The molecular formula is C23H26F3N3O4. The number of nitrogens with zero attached hydrogens (tertiary/aromatic N) is 2. The summed E-state index contributed by atoms with van der Waals surface area (Å²) < 4.78 is 47.0. The molecule has 10 heteroatoms. The second-order valence-corrected chi connectivity index (χ2v) is 7.93. The molecule has 0 bridgehead atoms. The van der Waals surface area contributed by atoms with Gasteiger partial charge in [0.25, 0.3) is 5.91 Å². The number of piperidine rings is 1. The number of benzene rings is 2. The summed E-state index contributed by atoms with van der Waals surface area (Å²) >= 11 is 0. The summed E-state index contributed by atoms with van der Waals surface area (Å²) in [5.41, 5.74) is 6.60. The minimum atomic E-state index is -4.77. The van der Waals surface area contributed by atoms with Crippen LogP contribution in [-0.4, -0.2) is 60.8 Å². The second kappa shape index (κ2) is 10.6. The van der Waals surface area contributed by atoms with Crippen molar-refractivity contribution in [2.24, 2.45) is 5.73 Å². The van der Waals surface area contributed by atoms with Gasteiger partial charge in [0.2, 0.25) is 5.91 Å². The van der Waals surface area contributed by atoms with E-state index in [9.17, 15) is 22.8 Å². The molecule has 0 saturated carbocycles. The summed E-state index contributed by atoms with van der Waals surface area (Å²) in [6, 6.07) is 12.6. The van der Waals surface area contributed by atoms with Crippen LogP contribution in [0.2, 0.25) is 0 Å². The zero-order valence-electron chi connectivity index (χ0n) is 18.2. The molecule has 2 aromatic rings. The second-order valence-electron chi connectivity index (χ2n) is 7.93. The first-order chi connectivity index (χ1) is 15.6. The first-order valence-corrected chi connectivity index (χ1v) is 10.5. The van der Waals surface area contributed by atoms with Crippen molar-refractivity contribution in [1.29, 1.82) is 0 Å². The number of carbonyl (C=O) groups is 2. The molecule has 1 aliphatic heterocycles. The van der Waals surface area contributed by atoms with Gasteiger partial charge < -0.3 is 20.1 Å². The van der Waals surface area contributed by atoms with Gasteiger partial charge in [-0.25, -0.2) is 0 Å². The molecular weight excluding hydrogens is 439 g/mol. The van der Waals surface area contributed by atoms with Gasteiger partial charge in [-0.15, -0.1) is 13.2 Å². The molecule has 33 heavy (non-hydrogen) atoms. The van der Waals surface area contributed by atoms with Gasteiger partial charge in [0.15, 0.2) is 0 Å². The number of likely N-dealkylation sites (tertiary alicyclic amines) is 1. The Balaban J connectivity index is 1.58. The summed E-state index contributed by atoms with van der Waals surface area (Å²) in [5.74, 6) is -0.620. The average Bonchev–Trinajstić information content (AvgIpc) is 2.72. The molecule has 1 heterocycles. The number of carbonyl (C=O) groups excluding carboxylic acids is 2. The maximum absolute atomic E-state index is 13.1. The van der Waals surface area contributed by atoms with Gasteiger partial charge in [-0.05, 0) is 30.8 Å². The molecule has 178 valence electrons. The lowest BCUT2D eigenvalue weighted by atomic mass is 10.0. The molecule has 7 nitrogen and oxygen atoms in total. The Kier molecular flexibility index (Phi) is 7.80. The molecule has 0 radical (unpaired) electrons. The maximum atomic E-state index is 13.1. The predicted molar refractivity (Wildman–Crippen MR) is 115 cm³/mol. The van der Waals surface area contributed by atoms with Crippen LogP contribution in [0.3, 0.4) is 0 Å². The van der Waals surface area contributed by atoms with Crippen LogP contribution < -0.4 is 15.2 Å². The molecule has 1 fully saturated rings. The highest BCUT2D eigenvalue weighted by atomic mass is 19.4. The van der Waals surface area contributed by atoms with E-state index in [-0.39, 0.29) is 30.1 Å². The standard InChI is InChI=1S/C23H26F3N3O4/c1-28(15-21(27)30)14-16-5-2-3-8-20(16)22(31)29-11-9-17(10-12-29)32-18-6-4-7-19(13-18)33-23(24,25)26/h2-8,13,17H,9-12,14-15H2,1H3,(H2,27,30). The quantitative estimate of drug-likeness (QED) is 0.647. The van der Waals surface area contributed by atoms with Gasteiger partial charge in [-0.3, -0.25) is 14.5 Å². The van der Waals surface area contributed by atoms with Crippen LogP contribution in [0.25, 0.3) is 0 Å². The number of nitrogens with two attached hydrogens (primary N) is 1. The van der Waals surface area contributed by atoms with E-state index in [0.717, 1.165) is 5.56 Å². The van der Waals surface area contributed by atoms with Gasteiger partial charge in [-0.1, -0.05) is 24.3 Å². The van der Waals surface area contributed by atoms with Crippen LogP contribution in [0.1, 0.15) is 28.8 Å². The van der Waals surface area contributed by atoms with Crippen molar-refractivity contribution in [3.63, 3.8) is 0 Å². The fourth-order valence-electron chi connectivity index (χ4n) is 3.76. The number of alkyl halides is 3. The van der Waals surface area contributed by atoms with E-state index in [1.54, 1.807) is 35.0 Å². The summed E-state index contributed by atoms with van der Waals surface area (Å²) in [6.45, 7) is 1.39. The molecule has 0 aromatic heterocycles. The number of hydrogen-bond acceptors (Lipinski definition) is 5. The van der Waals surface area contributed by atoms with Crippen LogP contribution >= 0.6 is 0 Å². The summed E-state index contributed by atoms with van der Waals surface area (Å²) in [6.07, 6.45) is -3.92. The molecule has 2 aromatic carbocycles. The van der Waals surface area contributed by atoms with Gasteiger partial charge in [0.05, 0.1) is 6.54 Å². The molecule has 2 N–H and O–H groups in total. The molecule has 0 unspecified atom stereocenters. The van der Waals surface area contributed by atoms with Crippen molar-refractivity contribution in [2.75, 3.05) is 26.7 Å². The van der Waals surface area contributed by atoms with Gasteiger partial charge in [-0.2, -0.15) is 0 Å². The Morgan fingerprint density at radius 3 is 2.42 bits per heavy atom. The number of ether oxygens (including phenoxy) is 2. The molecule has 0 aliphatic carbocycles. The Labute approximate surface area is 189 Å². The first-order valence-electron chi connectivity index (χ1n) is 10.5. The van der Waals surface area contributed by atoms with Crippen molar-refractivity contribution >= 4 is 11.8 Å². The average molecular weight is 465 g/mol. The molecule has 3 rings (SSSR count). The predicted octanol–water partition coefficient (Wildman–Crippen LogP) is 3.19. The summed E-state index contributed by atoms with van der Waals surface area (Å²) in [5, 5.41) is 0.